The van der Waals surface area contributed by atoms with Crippen LogP contribution in [0.1, 0.15) is 21.5 Å². The molecule has 12 heteroatoms. The van der Waals surface area contributed by atoms with Gasteiger partial charge in [-0.3, -0.25) is 14.9 Å². The van der Waals surface area contributed by atoms with Gasteiger partial charge in [0.1, 0.15) is 12.2 Å². The predicted molar refractivity (Wildman–Crippen MR) is 162 cm³/mol. The number of rotatable bonds is 9. The summed E-state index contributed by atoms with van der Waals surface area (Å²) in [5, 5.41) is 26.8. The number of nitrogens with zero attached hydrogens (tertiary/aromatic N) is 4. The first-order chi connectivity index (χ1) is 21.3. The molecule has 44 heavy (non-hydrogen) atoms. The van der Waals surface area contributed by atoms with Crippen LogP contribution in [0.3, 0.4) is 0 Å². The summed E-state index contributed by atoms with van der Waals surface area (Å²) in [6, 6.07) is 24.7. The lowest BCUT2D eigenvalue weighted by Gasteiger charge is -2.12. The third kappa shape index (κ3) is 5.34. The summed E-state index contributed by atoms with van der Waals surface area (Å²) < 4.78 is 18.2. The third-order valence-corrected chi connectivity index (χ3v) is 6.75. The second-order valence-corrected chi connectivity index (χ2v) is 9.59. The molecule has 0 fully saturated rings. The first-order valence-electron chi connectivity index (χ1n) is 13.2. The van der Waals surface area contributed by atoms with Gasteiger partial charge in [-0.15, -0.1) is 0 Å². The van der Waals surface area contributed by atoms with Crippen molar-refractivity contribution in [3.63, 3.8) is 0 Å². The van der Waals surface area contributed by atoms with Gasteiger partial charge in [0, 0.05) is 17.0 Å². The fourth-order valence-electron chi connectivity index (χ4n) is 4.67. The highest BCUT2D eigenvalue weighted by atomic mass is 16.6. The zero-order valence-electron chi connectivity index (χ0n) is 23.0. The number of nitro benzene ring substituents is 1. The Balaban J connectivity index is 1.41. The van der Waals surface area contributed by atoms with Gasteiger partial charge in [0.25, 0.3) is 5.56 Å². The zero-order chi connectivity index (χ0) is 30.8. The molecule has 4 aromatic carbocycles. The Morgan fingerprint density at radius 1 is 1.07 bits per heavy atom. The van der Waals surface area contributed by atoms with E-state index in [0.29, 0.717) is 27.8 Å². The number of fused-ring (bicyclic) bond motifs is 2. The Hall–Kier alpha value is -6.30. The summed E-state index contributed by atoms with van der Waals surface area (Å²) in [4.78, 5) is 41.0. The van der Waals surface area contributed by atoms with Crippen molar-refractivity contribution in [2.45, 2.75) is 6.61 Å². The topological polar surface area (TPSA) is 159 Å². The van der Waals surface area contributed by atoms with Crippen molar-refractivity contribution in [2.75, 3.05) is 7.11 Å². The number of furan rings is 1. The molecule has 218 valence electrons. The Kier molecular flexibility index (Phi) is 7.30. The highest BCUT2D eigenvalue weighted by Crippen LogP contribution is 2.38. The van der Waals surface area contributed by atoms with Gasteiger partial charge in [-0.1, -0.05) is 42.5 Å². The molecule has 6 rings (SSSR count). The van der Waals surface area contributed by atoms with Crippen LogP contribution < -0.4 is 15.0 Å². The molecular formula is C32H22N4O8. The number of aromatic carboxylic acids is 1. The van der Waals surface area contributed by atoms with Gasteiger partial charge in [-0.25, -0.2) is 9.78 Å². The Labute approximate surface area is 248 Å². The smallest absolute Gasteiger partial charge is 0.335 e. The number of para-hydroxylation sites is 2. The van der Waals surface area contributed by atoms with E-state index in [0.717, 1.165) is 10.1 Å². The molecule has 0 radical (unpaired) electrons. The predicted octanol–water partition coefficient (Wildman–Crippen LogP) is 5.89. The molecule has 0 bridgehead atoms. The Bertz CT molecular complexity index is 2130. The lowest BCUT2D eigenvalue weighted by molar-refractivity contribution is -0.386. The fourth-order valence-corrected chi connectivity index (χ4v) is 4.67. The Morgan fingerprint density at radius 3 is 2.64 bits per heavy atom. The van der Waals surface area contributed by atoms with Crippen molar-refractivity contribution in [3.05, 3.63) is 128 Å². The van der Waals surface area contributed by atoms with Crippen molar-refractivity contribution < 1.29 is 28.7 Å². The van der Waals surface area contributed by atoms with Gasteiger partial charge < -0.3 is 19.0 Å². The van der Waals surface area contributed by atoms with Crippen LogP contribution >= 0.6 is 0 Å². The van der Waals surface area contributed by atoms with Crippen LogP contribution in [0.4, 0.5) is 5.69 Å². The van der Waals surface area contributed by atoms with E-state index in [1.54, 1.807) is 48.5 Å². The highest BCUT2D eigenvalue weighted by molar-refractivity contribution is 5.88. The monoisotopic (exact) mass is 590 g/mol. The molecule has 0 atom stereocenters. The van der Waals surface area contributed by atoms with Gasteiger partial charge in [0.05, 0.1) is 34.7 Å². The molecule has 2 aromatic heterocycles. The number of hydrogen-bond donors (Lipinski definition) is 1. The molecule has 0 aliphatic heterocycles. The van der Waals surface area contributed by atoms with E-state index in [1.165, 1.54) is 37.6 Å². The lowest BCUT2D eigenvalue weighted by atomic mass is 10.1. The van der Waals surface area contributed by atoms with E-state index < -0.39 is 22.1 Å². The van der Waals surface area contributed by atoms with Gasteiger partial charge in [-0.05, 0) is 48.0 Å². The van der Waals surface area contributed by atoms with Crippen molar-refractivity contribution in [1.29, 1.82) is 0 Å². The van der Waals surface area contributed by atoms with Crippen molar-refractivity contribution in [2.24, 2.45) is 5.10 Å². The van der Waals surface area contributed by atoms with E-state index in [2.05, 4.69) is 10.1 Å². The third-order valence-electron chi connectivity index (χ3n) is 6.75. The molecule has 2 heterocycles. The van der Waals surface area contributed by atoms with Gasteiger partial charge >= 0.3 is 11.7 Å². The minimum Gasteiger partial charge on any atom is -0.493 e. The first kappa shape index (κ1) is 27.8. The second-order valence-electron chi connectivity index (χ2n) is 9.59. The summed E-state index contributed by atoms with van der Waals surface area (Å²) in [7, 11) is 1.33. The van der Waals surface area contributed by atoms with Gasteiger partial charge in [0.2, 0.25) is 11.6 Å². The Morgan fingerprint density at radius 2 is 1.86 bits per heavy atom. The molecule has 0 saturated heterocycles. The molecular weight excluding hydrogens is 568 g/mol. The summed E-state index contributed by atoms with van der Waals surface area (Å²) in [6.07, 6.45) is 1.28. The van der Waals surface area contributed by atoms with E-state index in [9.17, 15) is 24.8 Å². The maximum absolute atomic E-state index is 13.6. The number of nitro groups is 1. The minimum absolute atomic E-state index is 0.0385. The van der Waals surface area contributed by atoms with E-state index >= 15 is 0 Å². The largest absolute Gasteiger partial charge is 0.493 e. The summed E-state index contributed by atoms with van der Waals surface area (Å²) in [5.41, 5.74) is 0.962. The van der Waals surface area contributed by atoms with Crippen molar-refractivity contribution >= 4 is 39.7 Å². The number of ether oxygens (including phenoxy) is 2. The SMILES string of the molecule is COc1cc(C=Nn2c(-c3cc4ccccc4o3)nc3ccccc3c2=O)cc([N+](=O)[O-])c1OCc1cccc(C(=O)O)c1. The first-order valence-corrected chi connectivity index (χ1v) is 13.2. The van der Waals surface area contributed by atoms with Crippen LogP contribution in [0.5, 0.6) is 11.5 Å². The van der Waals surface area contributed by atoms with Crippen LogP contribution in [0.25, 0.3) is 33.5 Å². The number of benzene rings is 4. The number of aromatic nitrogens is 2. The molecule has 6 aromatic rings. The molecule has 12 nitrogen and oxygen atoms in total. The van der Waals surface area contributed by atoms with E-state index in [4.69, 9.17) is 13.9 Å². The molecule has 1 N–H and O–H groups in total. The van der Waals surface area contributed by atoms with E-state index in [-0.39, 0.29) is 35.1 Å². The zero-order valence-corrected chi connectivity index (χ0v) is 23.0. The van der Waals surface area contributed by atoms with E-state index in [1.807, 2.05) is 18.2 Å². The molecule has 0 aliphatic carbocycles. The number of carboxylic acids is 1. The number of methoxy groups -OCH3 is 1. The maximum Gasteiger partial charge on any atom is 0.335 e. The van der Waals surface area contributed by atoms with Crippen LogP contribution in [0, 0.1) is 10.1 Å². The average Bonchev–Trinajstić information content (AvgIpc) is 3.47. The number of carbonyl (C=O) groups is 1. The lowest BCUT2D eigenvalue weighted by Crippen LogP contribution is -2.20. The average molecular weight is 591 g/mol. The van der Waals surface area contributed by atoms with Crippen LogP contribution in [0.15, 0.2) is 105 Å². The summed E-state index contributed by atoms with van der Waals surface area (Å²) in [5.74, 6) is -0.765. The minimum atomic E-state index is -1.11. The van der Waals surface area contributed by atoms with Crippen molar-refractivity contribution in [3.8, 4) is 23.1 Å². The second kappa shape index (κ2) is 11.5. The molecule has 0 saturated carbocycles. The molecule has 0 unspecified atom stereocenters. The molecule has 0 amide bonds. The van der Waals surface area contributed by atoms with Gasteiger partial charge in [0.15, 0.2) is 11.5 Å². The summed E-state index contributed by atoms with van der Waals surface area (Å²) >= 11 is 0. The maximum atomic E-state index is 13.6. The van der Waals surface area contributed by atoms with Crippen molar-refractivity contribution in [1.82, 2.24) is 9.66 Å². The molecule has 0 spiro atoms. The number of carboxylic acid groups (broad SMARTS) is 1. The fraction of sp³-hybridized carbons (Fsp3) is 0.0625. The normalized spacial score (nSPS) is 11.3. The molecule has 0 aliphatic rings. The summed E-state index contributed by atoms with van der Waals surface area (Å²) in [6.45, 7) is -0.148. The quantitative estimate of drug-likeness (QED) is 0.123. The number of hydrogen-bond acceptors (Lipinski definition) is 9. The standard InChI is InChI=1S/C32H22N4O8/c1-42-27-15-20(14-25(36(40)41)29(27)43-18-19-7-6-9-22(13-19)32(38)39)17-33-35-30(28-16-21-8-2-5-12-26(21)44-28)34-24-11-4-3-10-23(24)31(35)37/h2-17H,18H2,1H3,(H,38,39). The van der Waals surface area contributed by atoms with Crippen LogP contribution in [0.2, 0.25) is 0 Å². The highest BCUT2D eigenvalue weighted by Gasteiger charge is 2.23. The van der Waals surface area contributed by atoms with Crippen LogP contribution in [-0.4, -0.2) is 39.0 Å². The van der Waals surface area contributed by atoms with Crippen LogP contribution in [-0.2, 0) is 6.61 Å². The van der Waals surface area contributed by atoms with Gasteiger partial charge in [-0.2, -0.15) is 9.78 Å².